The number of likely N-dealkylation sites (N-methyl/N-ethyl adjacent to an activating group) is 1. The zero-order valence-electron chi connectivity index (χ0n) is 21.1. The standard InChI is InChI=1S/C27H36ClN3O5/c1-18(24(29-2)19-10-13-35-14-11-19)31-26(32)22-8-4-6-20(16-22)25(21-7-5-9-23(28)17-21)36-15-12-30-27(33)34-3/h4-9,16-19,24-25,29H,10-15H2,1-3H3,(H,30,33)(H,31,32)/t18?,24-,25?/m0/s1. The molecular weight excluding hydrogens is 482 g/mol. The number of ether oxygens (including phenoxy) is 3. The van der Waals surface area contributed by atoms with Crippen molar-refractivity contribution < 1.29 is 23.8 Å². The number of benzene rings is 2. The monoisotopic (exact) mass is 517 g/mol. The highest BCUT2D eigenvalue weighted by molar-refractivity contribution is 6.30. The van der Waals surface area contributed by atoms with Crippen molar-refractivity contribution in [3.63, 3.8) is 0 Å². The first-order chi connectivity index (χ1) is 17.4. The number of rotatable bonds is 11. The molecule has 0 bridgehead atoms. The summed E-state index contributed by atoms with van der Waals surface area (Å²) in [5.74, 6) is 0.304. The predicted molar refractivity (Wildman–Crippen MR) is 139 cm³/mol. The lowest BCUT2D eigenvalue weighted by atomic mass is 9.87. The molecule has 1 saturated heterocycles. The maximum atomic E-state index is 13.2. The van der Waals surface area contributed by atoms with Crippen molar-refractivity contribution in [1.29, 1.82) is 0 Å². The second-order valence-electron chi connectivity index (χ2n) is 8.88. The number of methoxy groups -OCH3 is 1. The van der Waals surface area contributed by atoms with E-state index in [2.05, 4.69) is 20.7 Å². The molecule has 3 atom stereocenters. The zero-order valence-corrected chi connectivity index (χ0v) is 21.8. The summed E-state index contributed by atoms with van der Waals surface area (Å²) < 4.78 is 16.2. The van der Waals surface area contributed by atoms with Crippen LogP contribution in [0.1, 0.15) is 47.4 Å². The van der Waals surface area contributed by atoms with E-state index < -0.39 is 12.2 Å². The molecular formula is C27H36ClN3O5. The molecule has 0 saturated carbocycles. The number of hydrogen-bond acceptors (Lipinski definition) is 6. The van der Waals surface area contributed by atoms with Gasteiger partial charge < -0.3 is 30.2 Å². The summed E-state index contributed by atoms with van der Waals surface area (Å²) in [6.45, 7) is 4.06. The highest BCUT2D eigenvalue weighted by Crippen LogP contribution is 2.29. The summed E-state index contributed by atoms with van der Waals surface area (Å²) in [5.41, 5.74) is 2.20. The molecule has 3 rings (SSSR count). The highest BCUT2D eigenvalue weighted by Gasteiger charge is 2.28. The minimum absolute atomic E-state index is 0.0568. The summed E-state index contributed by atoms with van der Waals surface area (Å²) >= 11 is 6.24. The van der Waals surface area contributed by atoms with E-state index in [-0.39, 0.29) is 31.1 Å². The molecule has 1 fully saturated rings. The first-order valence-electron chi connectivity index (χ1n) is 12.3. The van der Waals surface area contributed by atoms with Gasteiger partial charge in [0.15, 0.2) is 0 Å². The minimum Gasteiger partial charge on any atom is -0.453 e. The predicted octanol–water partition coefficient (Wildman–Crippen LogP) is 3.93. The van der Waals surface area contributed by atoms with Gasteiger partial charge in [0, 0.05) is 42.4 Å². The summed E-state index contributed by atoms with van der Waals surface area (Å²) in [4.78, 5) is 24.6. The zero-order chi connectivity index (χ0) is 25.9. The lowest BCUT2D eigenvalue weighted by molar-refractivity contribution is 0.0495. The number of hydrogen-bond donors (Lipinski definition) is 3. The van der Waals surface area contributed by atoms with Gasteiger partial charge in [-0.05, 0) is 68.1 Å². The molecule has 0 aliphatic carbocycles. The number of carbonyl (C=O) groups excluding carboxylic acids is 2. The number of alkyl carbamates (subject to hydrolysis) is 1. The minimum atomic E-state index is -0.522. The number of halogens is 1. The van der Waals surface area contributed by atoms with Crippen LogP contribution < -0.4 is 16.0 Å². The van der Waals surface area contributed by atoms with Gasteiger partial charge in [0.1, 0.15) is 6.10 Å². The molecule has 0 spiro atoms. The highest BCUT2D eigenvalue weighted by atomic mass is 35.5. The van der Waals surface area contributed by atoms with Crippen molar-refractivity contribution in [3.8, 4) is 0 Å². The smallest absolute Gasteiger partial charge is 0.406 e. The second kappa shape index (κ2) is 14.2. The molecule has 1 aliphatic heterocycles. The lowest BCUT2D eigenvalue weighted by Crippen LogP contribution is -2.52. The normalized spacial score (nSPS) is 16.6. The molecule has 196 valence electrons. The van der Waals surface area contributed by atoms with Crippen LogP contribution >= 0.6 is 11.6 Å². The first-order valence-corrected chi connectivity index (χ1v) is 12.7. The summed E-state index contributed by atoms with van der Waals surface area (Å²) in [5, 5.41) is 9.74. The Morgan fingerprint density at radius 2 is 1.81 bits per heavy atom. The van der Waals surface area contributed by atoms with E-state index in [0.717, 1.165) is 37.2 Å². The molecule has 3 N–H and O–H groups in total. The molecule has 2 aromatic carbocycles. The quantitative estimate of drug-likeness (QED) is 0.391. The SMILES string of the molecule is CN[C@H](C1CCOCC1)C(C)NC(=O)c1cccc(C(OCCNC(=O)OC)c2cccc(Cl)c2)c1. The molecule has 2 amide bonds. The molecule has 1 heterocycles. The average Bonchev–Trinajstić information content (AvgIpc) is 2.89. The van der Waals surface area contributed by atoms with Crippen molar-refractivity contribution in [2.45, 2.75) is 38.0 Å². The molecule has 36 heavy (non-hydrogen) atoms. The number of amides is 2. The van der Waals surface area contributed by atoms with Crippen LogP contribution in [-0.4, -0.2) is 64.6 Å². The van der Waals surface area contributed by atoms with Crippen LogP contribution in [0.25, 0.3) is 0 Å². The Kier molecular flexibility index (Phi) is 11.0. The molecule has 0 aromatic heterocycles. The molecule has 8 nitrogen and oxygen atoms in total. The molecule has 9 heteroatoms. The van der Waals surface area contributed by atoms with Crippen LogP contribution in [0.3, 0.4) is 0 Å². The summed E-state index contributed by atoms with van der Waals surface area (Å²) in [6.07, 6.45) is 0.960. The van der Waals surface area contributed by atoms with Gasteiger partial charge in [-0.1, -0.05) is 35.9 Å². The van der Waals surface area contributed by atoms with E-state index in [4.69, 9.17) is 21.1 Å². The molecule has 0 radical (unpaired) electrons. The van der Waals surface area contributed by atoms with Gasteiger partial charge >= 0.3 is 6.09 Å². The maximum Gasteiger partial charge on any atom is 0.406 e. The summed E-state index contributed by atoms with van der Waals surface area (Å²) in [7, 11) is 3.25. The van der Waals surface area contributed by atoms with E-state index in [0.29, 0.717) is 16.5 Å². The Labute approximate surface area is 218 Å². The van der Waals surface area contributed by atoms with Crippen molar-refractivity contribution in [2.24, 2.45) is 5.92 Å². The van der Waals surface area contributed by atoms with Crippen molar-refractivity contribution in [3.05, 3.63) is 70.2 Å². The molecule has 2 unspecified atom stereocenters. The van der Waals surface area contributed by atoms with Crippen LogP contribution in [0.15, 0.2) is 48.5 Å². The topological polar surface area (TPSA) is 97.9 Å². The van der Waals surface area contributed by atoms with Gasteiger partial charge in [-0.25, -0.2) is 4.79 Å². The Bertz CT molecular complexity index is 999. The third-order valence-electron chi connectivity index (χ3n) is 6.45. The Hall–Kier alpha value is -2.65. The van der Waals surface area contributed by atoms with Crippen molar-refractivity contribution in [1.82, 2.24) is 16.0 Å². The van der Waals surface area contributed by atoms with Gasteiger partial charge in [0.05, 0.1) is 13.7 Å². The van der Waals surface area contributed by atoms with Gasteiger partial charge in [-0.2, -0.15) is 0 Å². The maximum absolute atomic E-state index is 13.2. The van der Waals surface area contributed by atoms with Gasteiger partial charge in [-0.3, -0.25) is 4.79 Å². The van der Waals surface area contributed by atoms with E-state index in [1.807, 2.05) is 50.4 Å². The Balaban J connectivity index is 1.74. The van der Waals surface area contributed by atoms with E-state index >= 15 is 0 Å². The average molecular weight is 518 g/mol. The first kappa shape index (κ1) is 27.9. The molecule has 2 aromatic rings. The fourth-order valence-corrected chi connectivity index (χ4v) is 4.85. The van der Waals surface area contributed by atoms with Gasteiger partial charge in [0.2, 0.25) is 0 Å². The summed E-state index contributed by atoms with van der Waals surface area (Å²) in [6, 6.07) is 14.9. The van der Waals surface area contributed by atoms with E-state index in [1.54, 1.807) is 12.1 Å². The van der Waals surface area contributed by atoms with E-state index in [9.17, 15) is 9.59 Å². The fourth-order valence-electron chi connectivity index (χ4n) is 4.65. The largest absolute Gasteiger partial charge is 0.453 e. The fraction of sp³-hybridized carbons (Fsp3) is 0.481. The number of carbonyl (C=O) groups is 2. The van der Waals surface area contributed by atoms with Crippen LogP contribution in [-0.2, 0) is 14.2 Å². The van der Waals surface area contributed by atoms with Crippen LogP contribution in [0, 0.1) is 5.92 Å². The van der Waals surface area contributed by atoms with Crippen LogP contribution in [0.4, 0.5) is 4.79 Å². The van der Waals surface area contributed by atoms with Crippen molar-refractivity contribution >= 4 is 23.6 Å². The van der Waals surface area contributed by atoms with Crippen LogP contribution in [0.2, 0.25) is 5.02 Å². The third kappa shape index (κ3) is 7.93. The lowest BCUT2D eigenvalue weighted by Gasteiger charge is -2.34. The van der Waals surface area contributed by atoms with Gasteiger partial charge in [0.25, 0.3) is 5.91 Å². The van der Waals surface area contributed by atoms with Crippen LogP contribution in [0.5, 0.6) is 0 Å². The Morgan fingerprint density at radius 1 is 1.11 bits per heavy atom. The van der Waals surface area contributed by atoms with Crippen molar-refractivity contribution in [2.75, 3.05) is 40.5 Å². The number of nitrogens with one attached hydrogen (secondary N) is 3. The van der Waals surface area contributed by atoms with Gasteiger partial charge in [-0.15, -0.1) is 0 Å². The third-order valence-corrected chi connectivity index (χ3v) is 6.68. The molecule has 1 aliphatic rings. The second-order valence-corrected chi connectivity index (χ2v) is 9.31. The Morgan fingerprint density at radius 3 is 2.47 bits per heavy atom. The van der Waals surface area contributed by atoms with E-state index in [1.165, 1.54) is 7.11 Å².